The lowest BCUT2D eigenvalue weighted by Gasteiger charge is -2.10. The number of aromatic hydroxyl groups is 1. The molecule has 0 saturated carbocycles. The second-order valence-electron chi connectivity index (χ2n) is 8.06. The van der Waals surface area contributed by atoms with E-state index in [2.05, 4.69) is 4.98 Å². The molecule has 0 aliphatic heterocycles. The first-order chi connectivity index (χ1) is 16.4. The van der Waals surface area contributed by atoms with Crippen molar-refractivity contribution in [1.82, 2.24) is 9.88 Å². The molecule has 1 aromatic heterocycles. The Bertz CT molecular complexity index is 1370. The van der Waals surface area contributed by atoms with Gasteiger partial charge < -0.3 is 19.7 Å². The zero-order valence-corrected chi connectivity index (χ0v) is 19.2. The average Bonchev–Trinajstić information content (AvgIpc) is 3.18. The summed E-state index contributed by atoms with van der Waals surface area (Å²) in [6.45, 7) is 0. The Balaban J connectivity index is 1.80. The van der Waals surface area contributed by atoms with E-state index in [1.807, 2.05) is 54.6 Å². The van der Waals surface area contributed by atoms with Gasteiger partial charge in [0.1, 0.15) is 0 Å². The summed E-state index contributed by atoms with van der Waals surface area (Å²) < 4.78 is 4.80. The molecule has 7 nitrogen and oxygen atoms in total. The summed E-state index contributed by atoms with van der Waals surface area (Å²) in [6.07, 6.45) is 0.314. The topological polar surface area (TPSA) is 95.0 Å². The Morgan fingerprint density at radius 1 is 0.971 bits per heavy atom. The first-order valence-corrected chi connectivity index (χ1v) is 10.7. The van der Waals surface area contributed by atoms with Crippen LogP contribution in [-0.2, 0) is 16.0 Å². The number of aromatic amines is 1. The number of ether oxygens (including phenoxy) is 1. The minimum atomic E-state index is -0.456. The van der Waals surface area contributed by atoms with E-state index in [4.69, 9.17) is 9.73 Å². The molecule has 0 saturated heterocycles. The van der Waals surface area contributed by atoms with E-state index in [1.165, 1.54) is 7.11 Å². The van der Waals surface area contributed by atoms with Gasteiger partial charge in [-0.25, -0.2) is 9.79 Å². The highest BCUT2D eigenvalue weighted by molar-refractivity contribution is 6.22. The molecular weight excluding hydrogens is 430 g/mol. The van der Waals surface area contributed by atoms with Crippen LogP contribution in [0.3, 0.4) is 0 Å². The van der Waals surface area contributed by atoms with Crippen LogP contribution in [-0.4, -0.2) is 53.8 Å². The van der Waals surface area contributed by atoms with Gasteiger partial charge in [0, 0.05) is 30.6 Å². The molecule has 0 radical (unpaired) electrons. The van der Waals surface area contributed by atoms with Gasteiger partial charge in [-0.05, 0) is 29.8 Å². The third-order valence-corrected chi connectivity index (χ3v) is 5.52. The van der Waals surface area contributed by atoms with E-state index in [0.717, 1.165) is 16.5 Å². The Morgan fingerprint density at radius 2 is 1.68 bits per heavy atom. The highest BCUT2D eigenvalue weighted by Gasteiger charge is 2.20. The number of aliphatic imine (C=N–C) groups is 1. The van der Waals surface area contributed by atoms with Crippen LogP contribution in [0.2, 0.25) is 0 Å². The summed E-state index contributed by atoms with van der Waals surface area (Å²) in [7, 11) is 4.79. The maximum absolute atomic E-state index is 12.0. The van der Waals surface area contributed by atoms with Crippen LogP contribution in [0.25, 0.3) is 10.9 Å². The number of hydrogen-bond donors (Lipinski definition) is 2. The summed E-state index contributed by atoms with van der Waals surface area (Å²) >= 11 is 0. The zero-order valence-electron chi connectivity index (χ0n) is 19.2. The molecule has 3 aromatic carbocycles. The first-order valence-electron chi connectivity index (χ1n) is 10.7. The maximum atomic E-state index is 12.0. The number of benzene rings is 3. The molecular formula is C27H25N3O4. The summed E-state index contributed by atoms with van der Waals surface area (Å²) in [5.74, 6) is -0.480. The van der Waals surface area contributed by atoms with E-state index in [0.29, 0.717) is 34.5 Å². The Labute approximate surface area is 197 Å². The number of amides is 1. The lowest BCUT2D eigenvalue weighted by Crippen LogP contribution is -2.23. The summed E-state index contributed by atoms with van der Waals surface area (Å²) in [5, 5.41) is 11.6. The van der Waals surface area contributed by atoms with Crippen LogP contribution in [0.15, 0.2) is 77.8 Å². The van der Waals surface area contributed by atoms with Gasteiger partial charge in [0.15, 0.2) is 5.88 Å². The Morgan fingerprint density at radius 3 is 2.32 bits per heavy atom. The number of nitrogens with zero attached hydrogens (tertiary/aromatic N) is 2. The van der Waals surface area contributed by atoms with Crippen molar-refractivity contribution in [3.05, 3.63) is 95.1 Å². The highest BCUT2D eigenvalue weighted by Crippen LogP contribution is 2.32. The van der Waals surface area contributed by atoms with Gasteiger partial charge in [0.25, 0.3) is 0 Å². The number of carbonyl (C=O) groups is 2. The SMILES string of the molecule is COC(=O)c1ccc2c(C(=Nc3ccc(CC(=O)N(C)C)cc3)c3ccccc3)c(O)[nH]c2c1. The standard InChI is InChI=1S/C27H25N3O4/c1-30(2)23(31)15-17-9-12-20(13-10-17)28-25(18-7-5-4-6-8-18)24-21-14-11-19(27(33)34-3)16-22(21)29-26(24)32/h4-14,16,29,32H,15H2,1-3H3. The number of esters is 1. The minimum absolute atomic E-state index is 0.0243. The molecule has 4 rings (SSSR count). The number of H-pyrrole nitrogens is 1. The van der Waals surface area contributed by atoms with Crippen molar-refractivity contribution < 1.29 is 19.4 Å². The largest absolute Gasteiger partial charge is 0.494 e. The molecule has 1 amide bonds. The maximum Gasteiger partial charge on any atom is 0.337 e. The lowest BCUT2D eigenvalue weighted by atomic mass is 10.00. The molecule has 1 heterocycles. The Kier molecular flexibility index (Phi) is 6.45. The van der Waals surface area contributed by atoms with Crippen LogP contribution in [0.1, 0.15) is 27.0 Å². The van der Waals surface area contributed by atoms with Gasteiger partial charge in [-0.3, -0.25) is 4.79 Å². The second-order valence-corrected chi connectivity index (χ2v) is 8.06. The molecule has 7 heteroatoms. The van der Waals surface area contributed by atoms with Gasteiger partial charge in [-0.1, -0.05) is 48.5 Å². The number of likely N-dealkylation sites (N-methyl/N-ethyl adjacent to an activating group) is 1. The molecule has 2 N–H and O–H groups in total. The van der Waals surface area contributed by atoms with Gasteiger partial charge in [0.05, 0.1) is 36.1 Å². The van der Waals surface area contributed by atoms with Crippen molar-refractivity contribution in [2.45, 2.75) is 6.42 Å². The number of methoxy groups -OCH3 is 1. The van der Waals surface area contributed by atoms with E-state index in [9.17, 15) is 14.7 Å². The molecule has 0 bridgehead atoms. The molecule has 0 spiro atoms. The fourth-order valence-corrected chi connectivity index (χ4v) is 3.68. The normalized spacial score (nSPS) is 11.4. The molecule has 172 valence electrons. The average molecular weight is 456 g/mol. The summed E-state index contributed by atoms with van der Waals surface area (Å²) in [5.41, 5.74) is 4.48. The van der Waals surface area contributed by atoms with E-state index < -0.39 is 5.97 Å². The second kappa shape index (κ2) is 9.62. The molecule has 34 heavy (non-hydrogen) atoms. The Hall–Kier alpha value is -4.39. The fraction of sp³-hybridized carbons (Fsp3) is 0.148. The van der Waals surface area contributed by atoms with Gasteiger partial charge in [-0.2, -0.15) is 0 Å². The number of aromatic nitrogens is 1. The van der Waals surface area contributed by atoms with E-state index in [1.54, 1.807) is 37.2 Å². The lowest BCUT2D eigenvalue weighted by molar-refractivity contribution is -0.127. The highest BCUT2D eigenvalue weighted by atomic mass is 16.5. The van der Waals surface area contributed by atoms with Crippen molar-refractivity contribution in [2.75, 3.05) is 21.2 Å². The smallest absolute Gasteiger partial charge is 0.337 e. The number of fused-ring (bicyclic) bond motifs is 1. The van der Waals surface area contributed by atoms with Crippen LogP contribution >= 0.6 is 0 Å². The van der Waals surface area contributed by atoms with E-state index in [-0.39, 0.29) is 11.8 Å². The quantitative estimate of drug-likeness (QED) is 0.332. The number of rotatable bonds is 6. The first kappa shape index (κ1) is 22.8. The molecule has 0 atom stereocenters. The summed E-state index contributed by atoms with van der Waals surface area (Å²) in [6, 6.07) is 22.1. The number of hydrogen-bond acceptors (Lipinski definition) is 5. The van der Waals surface area contributed by atoms with Crippen molar-refractivity contribution in [2.24, 2.45) is 4.99 Å². The van der Waals surface area contributed by atoms with Gasteiger partial charge in [0.2, 0.25) is 5.91 Å². The third-order valence-electron chi connectivity index (χ3n) is 5.52. The predicted octanol–water partition coefficient (Wildman–Crippen LogP) is 4.46. The van der Waals surface area contributed by atoms with Crippen LogP contribution in [0.4, 0.5) is 5.69 Å². The number of nitrogens with one attached hydrogen (secondary N) is 1. The van der Waals surface area contributed by atoms with Crippen LogP contribution < -0.4 is 0 Å². The van der Waals surface area contributed by atoms with E-state index >= 15 is 0 Å². The van der Waals surface area contributed by atoms with Gasteiger partial charge in [-0.15, -0.1) is 0 Å². The monoisotopic (exact) mass is 455 g/mol. The summed E-state index contributed by atoms with van der Waals surface area (Å²) in [4.78, 5) is 33.3. The van der Waals surface area contributed by atoms with Crippen molar-refractivity contribution in [3.63, 3.8) is 0 Å². The predicted molar refractivity (Wildman–Crippen MR) is 132 cm³/mol. The minimum Gasteiger partial charge on any atom is -0.494 e. The third kappa shape index (κ3) is 4.68. The number of carbonyl (C=O) groups excluding carboxylic acids is 2. The van der Waals surface area contributed by atoms with Crippen molar-refractivity contribution >= 4 is 34.2 Å². The molecule has 0 aliphatic carbocycles. The molecule has 0 unspecified atom stereocenters. The van der Waals surface area contributed by atoms with Gasteiger partial charge >= 0.3 is 5.97 Å². The van der Waals surface area contributed by atoms with Crippen LogP contribution in [0, 0.1) is 0 Å². The van der Waals surface area contributed by atoms with Crippen molar-refractivity contribution in [3.8, 4) is 5.88 Å². The fourth-order valence-electron chi connectivity index (χ4n) is 3.68. The molecule has 4 aromatic rings. The zero-order chi connectivity index (χ0) is 24.2. The molecule has 0 fully saturated rings. The molecule has 0 aliphatic rings. The van der Waals surface area contributed by atoms with Crippen molar-refractivity contribution in [1.29, 1.82) is 0 Å². The van der Waals surface area contributed by atoms with Crippen LogP contribution in [0.5, 0.6) is 5.88 Å².